The summed E-state index contributed by atoms with van der Waals surface area (Å²) in [7, 11) is -1.14. The molecule has 0 bridgehead atoms. The van der Waals surface area contributed by atoms with E-state index in [-0.39, 0.29) is 0 Å². The van der Waals surface area contributed by atoms with Crippen molar-refractivity contribution in [2.45, 2.75) is 64.6 Å². The number of benzene rings is 1. The number of unbranched alkanes of at least 4 members (excludes halogenated alkanes) is 5. The second-order valence-electron chi connectivity index (χ2n) is 6.25. The van der Waals surface area contributed by atoms with E-state index in [0.29, 0.717) is 0 Å². The fourth-order valence-electron chi connectivity index (χ4n) is 2.33. The summed E-state index contributed by atoms with van der Waals surface area (Å²) in [6, 6.07) is 12.1. The Labute approximate surface area is 121 Å². The van der Waals surface area contributed by atoms with E-state index in [1.165, 1.54) is 50.1 Å². The van der Waals surface area contributed by atoms with Crippen LogP contribution in [0.5, 0.6) is 0 Å². The zero-order chi connectivity index (χ0) is 14.0. The van der Waals surface area contributed by atoms with Gasteiger partial charge in [0.2, 0.25) is 0 Å². The Balaban J connectivity index is 2.25. The van der Waals surface area contributed by atoms with Crippen LogP contribution in [0.1, 0.15) is 51.0 Å². The summed E-state index contributed by atoms with van der Waals surface area (Å²) in [5.41, 5.74) is 3.85. The lowest BCUT2D eigenvalue weighted by Gasteiger charge is -2.17. The zero-order valence-corrected chi connectivity index (χ0v) is 14.0. The lowest BCUT2D eigenvalue weighted by Crippen LogP contribution is -2.21. The molecule has 1 aromatic rings. The van der Waals surface area contributed by atoms with Gasteiger partial charge in [-0.25, -0.2) is 0 Å². The summed E-state index contributed by atoms with van der Waals surface area (Å²) < 4.78 is 0. The summed E-state index contributed by atoms with van der Waals surface area (Å²) in [4.78, 5) is 0. The Morgan fingerprint density at radius 2 is 1.53 bits per heavy atom. The molecule has 0 atom stereocenters. The van der Waals surface area contributed by atoms with Gasteiger partial charge in [-0.2, -0.15) is 0 Å². The fourth-order valence-corrected chi connectivity index (χ4v) is 4.30. The van der Waals surface area contributed by atoms with E-state index in [4.69, 9.17) is 0 Å². The lowest BCUT2D eigenvalue weighted by molar-refractivity contribution is 0.622. The first-order valence-electron chi connectivity index (χ1n) is 7.88. The van der Waals surface area contributed by atoms with E-state index in [1.807, 2.05) is 0 Å². The van der Waals surface area contributed by atoms with Crippen molar-refractivity contribution < 1.29 is 0 Å². The standard InChI is InChI=1S/C18H30Si/c1-4-5-6-7-8-12-16-19(2,3)17-15-18-13-10-9-11-14-18/h9-11,13-15,17H,4-8,12,16H2,1-3H3. The Hall–Kier alpha value is -0.823. The van der Waals surface area contributed by atoms with Crippen LogP contribution in [0.25, 0.3) is 6.08 Å². The van der Waals surface area contributed by atoms with E-state index >= 15 is 0 Å². The number of hydrogen-bond acceptors (Lipinski definition) is 0. The maximum Gasteiger partial charge on any atom is 0.0717 e. The molecule has 106 valence electrons. The summed E-state index contributed by atoms with van der Waals surface area (Å²) in [6.45, 7) is 7.25. The molecule has 1 heteroatoms. The zero-order valence-electron chi connectivity index (χ0n) is 13.0. The molecule has 0 radical (unpaired) electrons. The SMILES string of the molecule is CCCCCCCC[Si](C)(C)C=Cc1ccccc1. The molecule has 0 N–H and O–H groups in total. The predicted octanol–water partition coefficient (Wildman–Crippen LogP) is 6.31. The van der Waals surface area contributed by atoms with Gasteiger partial charge in [-0.1, -0.05) is 107 Å². The largest absolute Gasteiger partial charge is 0.0942 e. The molecule has 0 aliphatic heterocycles. The molecule has 0 amide bonds. The van der Waals surface area contributed by atoms with Crippen LogP contribution in [0.3, 0.4) is 0 Å². The van der Waals surface area contributed by atoms with Crippen molar-refractivity contribution in [3.63, 3.8) is 0 Å². The molecule has 1 aromatic carbocycles. The highest BCUT2D eigenvalue weighted by Crippen LogP contribution is 2.18. The van der Waals surface area contributed by atoms with Gasteiger partial charge in [0.05, 0.1) is 8.07 Å². The molecule has 0 spiro atoms. The quantitative estimate of drug-likeness (QED) is 0.366. The van der Waals surface area contributed by atoms with Crippen LogP contribution < -0.4 is 0 Å². The van der Waals surface area contributed by atoms with Crippen LogP contribution in [0.2, 0.25) is 19.1 Å². The van der Waals surface area contributed by atoms with Crippen molar-refractivity contribution in [2.24, 2.45) is 0 Å². The maximum atomic E-state index is 2.51. The van der Waals surface area contributed by atoms with E-state index < -0.39 is 8.07 Å². The van der Waals surface area contributed by atoms with Gasteiger partial charge in [-0.05, 0) is 5.56 Å². The molecular weight excluding hydrogens is 244 g/mol. The molecule has 0 aromatic heterocycles. The predicted molar refractivity (Wildman–Crippen MR) is 91.1 cm³/mol. The summed E-state index contributed by atoms with van der Waals surface area (Å²) in [5.74, 6) is 0. The average molecular weight is 275 g/mol. The lowest BCUT2D eigenvalue weighted by atomic mass is 10.1. The molecular formula is C18H30Si. The van der Waals surface area contributed by atoms with Crippen LogP contribution in [0, 0.1) is 0 Å². The molecule has 0 aliphatic rings. The Bertz CT molecular complexity index is 351. The van der Waals surface area contributed by atoms with Gasteiger partial charge in [-0.3, -0.25) is 0 Å². The highest BCUT2D eigenvalue weighted by molar-refractivity contribution is 6.82. The van der Waals surface area contributed by atoms with Gasteiger partial charge >= 0.3 is 0 Å². The fraction of sp³-hybridized carbons (Fsp3) is 0.556. The minimum absolute atomic E-state index is 1.14. The molecule has 1 rings (SSSR count). The normalized spacial score (nSPS) is 12.2. The van der Waals surface area contributed by atoms with Crippen molar-refractivity contribution in [1.82, 2.24) is 0 Å². The summed E-state index contributed by atoms with van der Waals surface area (Å²) in [6.07, 6.45) is 10.8. The first-order chi connectivity index (χ1) is 9.14. The van der Waals surface area contributed by atoms with E-state index in [2.05, 4.69) is 62.1 Å². The minimum Gasteiger partial charge on any atom is -0.0942 e. The third kappa shape index (κ3) is 8.04. The molecule has 0 heterocycles. The van der Waals surface area contributed by atoms with E-state index in [9.17, 15) is 0 Å². The van der Waals surface area contributed by atoms with E-state index in [1.54, 1.807) is 0 Å². The van der Waals surface area contributed by atoms with Gasteiger partial charge in [0.25, 0.3) is 0 Å². The monoisotopic (exact) mass is 274 g/mol. The third-order valence-corrected chi connectivity index (χ3v) is 6.41. The number of hydrogen-bond donors (Lipinski definition) is 0. The van der Waals surface area contributed by atoms with Gasteiger partial charge in [0.1, 0.15) is 0 Å². The van der Waals surface area contributed by atoms with Gasteiger partial charge in [0, 0.05) is 0 Å². The Kier molecular flexibility index (Phi) is 7.81. The summed E-state index contributed by atoms with van der Waals surface area (Å²) in [5, 5.41) is 0. The second-order valence-corrected chi connectivity index (χ2v) is 11.1. The highest BCUT2D eigenvalue weighted by atomic mass is 28.3. The summed E-state index contributed by atoms with van der Waals surface area (Å²) >= 11 is 0. The molecule has 19 heavy (non-hydrogen) atoms. The van der Waals surface area contributed by atoms with Crippen molar-refractivity contribution in [3.05, 3.63) is 41.6 Å². The van der Waals surface area contributed by atoms with Crippen molar-refractivity contribution in [3.8, 4) is 0 Å². The van der Waals surface area contributed by atoms with Gasteiger partial charge in [-0.15, -0.1) is 0 Å². The minimum atomic E-state index is -1.14. The van der Waals surface area contributed by atoms with Crippen LogP contribution in [-0.4, -0.2) is 8.07 Å². The van der Waals surface area contributed by atoms with Crippen LogP contribution in [0.4, 0.5) is 0 Å². The Morgan fingerprint density at radius 3 is 2.21 bits per heavy atom. The molecule has 0 fully saturated rings. The van der Waals surface area contributed by atoms with Crippen molar-refractivity contribution in [1.29, 1.82) is 0 Å². The molecule has 0 aliphatic carbocycles. The number of rotatable bonds is 9. The van der Waals surface area contributed by atoms with Crippen molar-refractivity contribution in [2.75, 3.05) is 0 Å². The first kappa shape index (κ1) is 16.2. The molecule has 0 unspecified atom stereocenters. The topological polar surface area (TPSA) is 0 Å². The van der Waals surface area contributed by atoms with Crippen LogP contribution in [-0.2, 0) is 0 Å². The van der Waals surface area contributed by atoms with Crippen LogP contribution in [0.15, 0.2) is 36.0 Å². The first-order valence-corrected chi connectivity index (χ1v) is 11.2. The molecule has 0 nitrogen and oxygen atoms in total. The van der Waals surface area contributed by atoms with Gasteiger partial charge in [0.15, 0.2) is 0 Å². The highest BCUT2D eigenvalue weighted by Gasteiger charge is 2.15. The molecule has 0 saturated heterocycles. The second kappa shape index (κ2) is 9.14. The maximum absolute atomic E-state index is 2.51. The van der Waals surface area contributed by atoms with Crippen LogP contribution >= 0.6 is 0 Å². The molecule has 0 saturated carbocycles. The third-order valence-electron chi connectivity index (χ3n) is 3.70. The smallest absolute Gasteiger partial charge is 0.0717 e. The Morgan fingerprint density at radius 1 is 0.895 bits per heavy atom. The van der Waals surface area contributed by atoms with Gasteiger partial charge < -0.3 is 0 Å². The average Bonchev–Trinajstić information content (AvgIpc) is 2.42. The van der Waals surface area contributed by atoms with E-state index in [0.717, 1.165) is 0 Å². The van der Waals surface area contributed by atoms with Crippen molar-refractivity contribution >= 4 is 14.1 Å².